The number of benzene rings is 2. The number of nitrogens with one attached hydrogen (secondary N) is 1. The summed E-state index contributed by atoms with van der Waals surface area (Å²) in [5, 5.41) is 4.37. The Kier molecular flexibility index (Phi) is 8.72. The smallest absolute Gasteiger partial charge is 0.341 e. The number of anilines is 1. The summed E-state index contributed by atoms with van der Waals surface area (Å²) < 4.78 is 12.5. The molecule has 32 heavy (non-hydrogen) atoms. The third kappa shape index (κ3) is 5.71. The molecule has 1 N–H and O–H groups in total. The second-order valence-corrected chi connectivity index (χ2v) is 9.28. The number of rotatable bonds is 9. The van der Waals surface area contributed by atoms with Crippen molar-refractivity contribution < 1.29 is 14.3 Å². The Morgan fingerprint density at radius 3 is 2.66 bits per heavy atom. The number of alkyl halides is 1. The topological polar surface area (TPSA) is 63.7 Å². The molecule has 170 valence electrons. The summed E-state index contributed by atoms with van der Waals surface area (Å²) in [5.74, 6) is 0.489. The minimum Gasteiger partial charge on any atom is -0.496 e. The molecule has 0 spiro atoms. The van der Waals surface area contributed by atoms with Crippen molar-refractivity contribution in [3.8, 4) is 5.75 Å². The standard InChI is InChI=1S/C24H27BrIN3O3/c1-5-32-24(30)20-13-28-22-17(14-29(2)3)9-18(25)10-19(22)23(20)27-12-15-6-7-21(31-4)16(8-15)11-26/h6-10,13H,5,11-12,14H2,1-4H3,(H,27,28). The van der Waals surface area contributed by atoms with Crippen molar-refractivity contribution in [2.75, 3.05) is 33.1 Å². The van der Waals surface area contributed by atoms with E-state index < -0.39 is 0 Å². The van der Waals surface area contributed by atoms with E-state index >= 15 is 0 Å². The lowest BCUT2D eigenvalue weighted by Crippen LogP contribution is -2.14. The van der Waals surface area contributed by atoms with E-state index in [4.69, 9.17) is 9.47 Å². The van der Waals surface area contributed by atoms with Crippen molar-refractivity contribution in [1.29, 1.82) is 0 Å². The third-order valence-corrected chi connectivity index (χ3v) is 6.23. The summed E-state index contributed by atoms with van der Waals surface area (Å²) in [5.41, 5.74) is 5.32. The van der Waals surface area contributed by atoms with Gasteiger partial charge in [-0.25, -0.2) is 4.79 Å². The zero-order chi connectivity index (χ0) is 23.3. The van der Waals surface area contributed by atoms with E-state index in [1.165, 1.54) is 0 Å². The van der Waals surface area contributed by atoms with E-state index in [0.29, 0.717) is 18.7 Å². The van der Waals surface area contributed by atoms with Crippen LogP contribution >= 0.6 is 38.5 Å². The highest BCUT2D eigenvalue weighted by atomic mass is 127. The third-order valence-electron chi connectivity index (χ3n) is 4.96. The van der Waals surface area contributed by atoms with E-state index in [9.17, 15) is 4.79 Å². The molecule has 0 atom stereocenters. The van der Waals surface area contributed by atoms with Crippen LogP contribution in [0.1, 0.15) is 34.0 Å². The zero-order valence-electron chi connectivity index (χ0n) is 18.7. The number of nitrogens with zero attached hydrogens (tertiary/aromatic N) is 2. The fourth-order valence-electron chi connectivity index (χ4n) is 3.59. The molecule has 0 amide bonds. The Labute approximate surface area is 211 Å². The van der Waals surface area contributed by atoms with Gasteiger partial charge in [-0.15, -0.1) is 0 Å². The maximum absolute atomic E-state index is 12.7. The molecule has 0 unspecified atom stereocenters. The Morgan fingerprint density at radius 2 is 2.00 bits per heavy atom. The normalized spacial score (nSPS) is 11.1. The lowest BCUT2D eigenvalue weighted by atomic mass is 10.0. The molecule has 3 rings (SSSR count). The second kappa shape index (κ2) is 11.3. The van der Waals surface area contributed by atoms with Crippen molar-refractivity contribution >= 4 is 61.1 Å². The molecule has 0 bridgehead atoms. The van der Waals surface area contributed by atoms with E-state index in [0.717, 1.165) is 54.5 Å². The maximum atomic E-state index is 12.7. The second-order valence-electron chi connectivity index (χ2n) is 7.60. The largest absolute Gasteiger partial charge is 0.496 e. The van der Waals surface area contributed by atoms with Gasteiger partial charge in [0.2, 0.25) is 0 Å². The number of carbonyl (C=O) groups is 1. The van der Waals surface area contributed by atoms with Gasteiger partial charge in [0, 0.05) is 39.1 Å². The highest BCUT2D eigenvalue weighted by Gasteiger charge is 2.19. The van der Waals surface area contributed by atoms with Crippen LogP contribution in [0.15, 0.2) is 41.0 Å². The van der Waals surface area contributed by atoms with E-state index in [1.807, 2.05) is 32.3 Å². The SMILES string of the molecule is CCOC(=O)c1cnc2c(CN(C)C)cc(Br)cc2c1NCc1ccc(OC)c(CI)c1. The van der Waals surface area contributed by atoms with Crippen LogP contribution < -0.4 is 10.1 Å². The summed E-state index contributed by atoms with van der Waals surface area (Å²) in [6, 6.07) is 10.2. The van der Waals surface area contributed by atoms with Gasteiger partial charge in [-0.3, -0.25) is 4.98 Å². The lowest BCUT2D eigenvalue weighted by molar-refractivity contribution is 0.0527. The van der Waals surface area contributed by atoms with Crippen molar-refractivity contribution in [3.63, 3.8) is 0 Å². The van der Waals surface area contributed by atoms with Crippen LogP contribution in [0.2, 0.25) is 0 Å². The molecule has 0 saturated heterocycles. The molecule has 6 nitrogen and oxygen atoms in total. The molecule has 1 heterocycles. The first-order chi connectivity index (χ1) is 15.4. The van der Waals surface area contributed by atoms with Crippen molar-refractivity contribution in [2.24, 2.45) is 0 Å². The highest BCUT2D eigenvalue weighted by molar-refractivity contribution is 14.1. The molecule has 0 aliphatic heterocycles. The molecule has 8 heteroatoms. The predicted octanol–water partition coefficient (Wildman–Crippen LogP) is 5.79. The average molecular weight is 612 g/mol. The number of hydrogen-bond donors (Lipinski definition) is 1. The zero-order valence-corrected chi connectivity index (χ0v) is 22.4. The van der Waals surface area contributed by atoms with E-state index in [2.05, 4.69) is 65.9 Å². The van der Waals surface area contributed by atoms with Crippen LogP contribution in [0.5, 0.6) is 5.75 Å². The van der Waals surface area contributed by atoms with Crippen LogP contribution in [0, 0.1) is 0 Å². The van der Waals surface area contributed by atoms with Gasteiger partial charge < -0.3 is 19.7 Å². The Balaban J connectivity index is 2.08. The van der Waals surface area contributed by atoms with E-state index in [-0.39, 0.29) is 5.97 Å². The van der Waals surface area contributed by atoms with Crippen LogP contribution in [-0.2, 0) is 22.3 Å². The summed E-state index contributed by atoms with van der Waals surface area (Å²) in [6.07, 6.45) is 1.61. The summed E-state index contributed by atoms with van der Waals surface area (Å²) >= 11 is 5.96. The fourth-order valence-corrected chi connectivity index (χ4v) is 4.69. The molecule has 0 fully saturated rings. The average Bonchev–Trinajstić information content (AvgIpc) is 2.76. The number of methoxy groups -OCH3 is 1. The first-order valence-corrected chi connectivity index (χ1v) is 12.6. The van der Waals surface area contributed by atoms with Crippen LogP contribution in [0.25, 0.3) is 10.9 Å². The van der Waals surface area contributed by atoms with Crippen LogP contribution in [0.3, 0.4) is 0 Å². The number of ether oxygens (including phenoxy) is 2. The fraction of sp³-hybridized carbons (Fsp3) is 0.333. The minimum atomic E-state index is -0.388. The van der Waals surface area contributed by atoms with Gasteiger partial charge in [-0.1, -0.05) is 44.6 Å². The molecule has 0 aliphatic rings. The highest BCUT2D eigenvalue weighted by Crippen LogP contribution is 2.33. The Hall–Kier alpha value is -1.91. The minimum absolute atomic E-state index is 0.304. The molecular formula is C24H27BrIN3O3. The Morgan fingerprint density at radius 1 is 1.22 bits per heavy atom. The summed E-state index contributed by atoms with van der Waals surface area (Å²) in [7, 11) is 5.72. The number of esters is 1. The van der Waals surface area contributed by atoms with Gasteiger partial charge in [-0.2, -0.15) is 0 Å². The quantitative estimate of drug-likeness (QED) is 0.188. The van der Waals surface area contributed by atoms with Crippen molar-refractivity contribution in [1.82, 2.24) is 9.88 Å². The molecule has 0 radical (unpaired) electrons. The number of carbonyl (C=O) groups excluding carboxylic acids is 1. The van der Waals surface area contributed by atoms with Gasteiger partial charge in [0.15, 0.2) is 0 Å². The lowest BCUT2D eigenvalue weighted by Gasteiger charge is -2.18. The first-order valence-electron chi connectivity index (χ1n) is 10.3. The van der Waals surface area contributed by atoms with Crippen LogP contribution in [0.4, 0.5) is 5.69 Å². The summed E-state index contributed by atoms with van der Waals surface area (Å²) in [6.45, 7) is 3.39. The van der Waals surface area contributed by atoms with Gasteiger partial charge in [0.05, 0.1) is 24.9 Å². The van der Waals surface area contributed by atoms with E-state index in [1.54, 1.807) is 20.2 Å². The molecule has 0 aliphatic carbocycles. The van der Waals surface area contributed by atoms with Gasteiger partial charge in [0.1, 0.15) is 11.3 Å². The van der Waals surface area contributed by atoms with Crippen molar-refractivity contribution in [3.05, 3.63) is 63.3 Å². The summed E-state index contributed by atoms with van der Waals surface area (Å²) in [4.78, 5) is 19.4. The number of pyridine rings is 1. The Bertz CT molecular complexity index is 1120. The predicted molar refractivity (Wildman–Crippen MR) is 141 cm³/mol. The molecule has 3 aromatic rings. The number of aromatic nitrogens is 1. The molecule has 2 aromatic carbocycles. The molecule has 0 saturated carbocycles. The monoisotopic (exact) mass is 611 g/mol. The van der Waals surface area contributed by atoms with Crippen molar-refractivity contribution in [2.45, 2.75) is 24.4 Å². The van der Waals surface area contributed by atoms with Gasteiger partial charge in [-0.05, 0) is 56.4 Å². The first kappa shape index (κ1) is 24.7. The molecule has 1 aromatic heterocycles. The number of fused-ring (bicyclic) bond motifs is 1. The van der Waals surface area contributed by atoms with Gasteiger partial charge >= 0.3 is 5.97 Å². The number of halogens is 2. The van der Waals surface area contributed by atoms with Gasteiger partial charge in [0.25, 0.3) is 0 Å². The number of hydrogen-bond acceptors (Lipinski definition) is 6. The van der Waals surface area contributed by atoms with Crippen LogP contribution in [-0.4, -0.2) is 43.7 Å². The maximum Gasteiger partial charge on any atom is 0.341 e. The molecular weight excluding hydrogens is 585 g/mol.